The zero-order valence-electron chi connectivity index (χ0n) is 13.7. The van der Waals surface area contributed by atoms with Crippen molar-refractivity contribution >= 4 is 22.7 Å². The minimum Gasteiger partial charge on any atom is -0.489 e. The molecule has 0 unspecified atom stereocenters. The number of nitrogens with one attached hydrogen (secondary N) is 1. The van der Waals surface area contributed by atoms with Crippen LogP contribution in [0.5, 0.6) is 5.75 Å². The lowest BCUT2D eigenvalue weighted by molar-refractivity contribution is 0.299. The highest BCUT2D eigenvalue weighted by atomic mass is 32.1. The first kappa shape index (κ1) is 17.9. The Balaban J connectivity index is 1.62. The van der Waals surface area contributed by atoms with Crippen molar-refractivity contribution in [3.8, 4) is 5.75 Å². The molecule has 0 saturated heterocycles. The fourth-order valence-electron chi connectivity index (χ4n) is 2.11. The molecule has 0 fully saturated rings. The van der Waals surface area contributed by atoms with E-state index in [1.54, 1.807) is 18.3 Å². The fourth-order valence-corrected chi connectivity index (χ4v) is 2.75. The van der Waals surface area contributed by atoms with Crippen molar-refractivity contribution < 1.29 is 17.9 Å². The highest BCUT2D eigenvalue weighted by Gasteiger charge is 2.11. The first-order valence-electron chi connectivity index (χ1n) is 7.59. The van der Waals surface area contributed by atoms with Crippen molar-refractivity contribution in [1.82, 2.24) is 4.98 Å². The number of anilines is 1. The standard InChI is InChI=1S/C18H14F3N3OS/c1-11-10-26-18(23-11)24-22-8-12-3-2-4-13(5-12)9-25-14-6-15(19)17(21)16(20)7-14/h2-8,10H,9H2,1H3,(H,23,24). The highest BCUT2D eigenvalue weighted by Crippen LogP contribution is 2.20. The number of hydrazone groups is 1. The molecule has 3 rings (SSSR count). The largest absolute Gasteiger partial charge is 0.489 e. The number of nitrogens with zero attached hydrogens (tertiary/aromatic N) is 2. The van der Waals surface area contributed by atoms with Crippen LogP contribution in [0.2, 0.25) is 0 Å². The maximum Gasteiger partial charge on any atom is 0.203 e. The number of ether oxygens (including phenoxy) is 1. The maximum absolute atomic E-state index is 13.2. The van der Waals surface area contributed by atoms with Gasteiger partial charge in [0.15, 0.2) is 17.5 Å². The lowest BCUT2D eigenvalue weighted by Gasteiger charge is -2.08. The molecule has 0 aliphatic carbocycles. The van der Waals surface area contributed by atoms with E-state index in [1.807, 2.05) is 24.4 Å². The molecule has 0 amide bonds. The second-order valence-electron chi connectivity index (χ2n) is 5.40. The Morgan fingerprint density at radius 3 is 2.65 bits per heavy atom. The third-order valence-corrected chi connectivity index (χ3v) is 4.17. The summed E-state index contributed by atoms with van der Waals surface area (Å²) in [4.78, 5) is 4.23. The van der Waals surface area contributed by atoms with Gasteiger partial charge in [0, 0.05) is 17.5 Å². The van der Waals surface area contributed by atoms with Gasteiger partial charge in [0.25, 0.3) is 0 Å². The molecule has 3 aromatic rings. The molecule has 1 heterocycles. The Bertz CT molecular complexity index is 920. The smallest absolute Gasteiger partial charge is 0.203 e. The summed E-state index contributed by atoms with van der Waals surface area (Å²) >= 11 is 1.45. The molecular weight excluding hydrogens is 363 g/mol. The van der Waals surface area contributed by atoms with Gasteiger partial charge in [-0.15, -0.1) is 11.3 Å². The lowest BCUT2D eigenvalue weighted by atomic mass is 10.1. The van der Waals surface area contributed by atoms with Gasteiger partial charge in [-0.05, 0) is 24.1 Å². The van der Waals surface area contributed by atoms with E-state index in [-0.39, 0.29) is 12.4 Å². The first-order chi connectivity index (χ1) is 12.5. The van der Waals surface area contributed by atoms with Gasteiger partial charge >= 0.3 is 0 Å². The molecule has 1 aromatic heterocycles. The number of aryl methyl sites for hydroxylation is 1. The van der Waals surface area contributed by atoms with Crippen LogP contribution >= 0.6 is 11.3 Å². The summed E-state index contributed by atoms with van der Waals surface area (Å²) in [5.74, 6) is -4.17. The maximum atomic E-state index is 13.2. The van der Waals surface area contributed by atoms with Gasteiger partial charge < -0.3 is 4.74 Å². The van der Waals surface area contributed by atoms with Crippen LogP contribution in [0.4, 0.5) is 18.3 Å². The molecule has 0 atom stereocenters. The van der Waals surface area contributed by atoms with E-state index in [1.165, 1.54) is 11.3 Å². The van der Waals surface area contributed by atoms with E-state index in [0.29, 0.717) is 5.13 Å². The average Bonchev–Trinajstić information content (AvgIpc) is 3.03. The molecule has 0 spiro atoms. The normalized spacial score (nSPS) is 11.1. The predicted molar refractivity (Wildman–Crippen MR) is 95.2 cm³/mol. The van der Waals surface area contributed by atoms with Crippen molar-refractivity contribution in [2.45, 2.75) is 13.5 Å². The van der Waals surface area contributed by atoms with Gasteiger partial charge in [-0.3, -0.25) is 5.43 Å². The van der Waals surface area contributed by atoms with Crippen LogP contribution in [-0.4, -0.2) is 11.2 Å². The molecule has 0 aliphatic heterocycles. The number of thiazole rings is 1. The molecule has 0 bridgehead atoms. The number of hydrogen-bond donors (Lipinski definition) is 1. The minimum atomic E-state index is -1.52. The molecule has 4 nitrogen and oxygen atoms in total. The lowest BCUT2D eigenvalue weighted by Crippen LogP contribution is -1.99. The molecule has 0 radical (unpaired) electrons. The van der Waals surface area contributed by atoms with E-state index in [0.717, 1.165) is 29.0 Å². The molecule has 0 aliphatic rings. The van der Waals surface area contributed by atoms with Crippen LogP contribution in [0, 0.1) is 24.4 Å². The van der Waals surface area contributed by atoms with Gasteiger partial charge in [0.2, 0.25) is 5.13 Å². The van der Waals surface area contributed by atoms with Gasteiger partial charge in [0.1, 0.15) is 12.4 Å². The second-order valence-corrected chi connectivity index (χ2v) is 6.26. The number of hydrogen-bond acceptors (Lipinski definition) is 5. The van der Waals surface area contributed by atoms with Crippen LogP contribution in [0.3, 0.4) is 0 Å². The van der Waals surface area contributed by atoms with Crippen molar-refractivity contribution in [1.29, 1.82) is 0 Å². The first-order valence-corrected chi connectivity index (χ1v) is 8.47. The SMILES string of the molecule is Cc1csc(NN=Cc2cccc(COc3cc(F)c(F)c(F)c3)c2)n1. The Labute approximate surface area is 152 Å². The molecule has 2 aromatic carbocycles. The third-order valence-electron chi connectivity index (χ3n) is 3.31. The van der Waals surface area contributed by atoms with Crippen molar-refractivity contribution in [2.24, 2.45) is 5.10 Å². The summed E-state index contributed by atoms with van der Waals surface area (Å²) < 4.78 is 44.6. The Hall–Kier alpha value is -2.87. The minimum absolute atomic E-state index is 0.0747. The number of aromatic nitrogens is 1. The molecule has 26 heavy (non-hydrogen) atoms. The quantitative estimate of drug-likeness (QED) is 0.378. The van der Waals surface area contributed by atoms with Gasteiger partial charge in [0.05, 0.1) is 11.9 Å². The summed E-state index contributed by atoms with van der Waals surface area (Å²) in [6, 6.07) is 8.88. The van der Waals surface area contributed by atoms with Gasteiger partial charge in [-0.25, -0.2) is 18.2 Å². The topological polar surface area (TPSA) is 46.5 Å². The van der Waals surface area contributed by atoms with Crippen molar-refractivity contribution in [3.05, 3.63) is 76.1 Å². The highest BCUT2D eigenvalue weighted by molar-refractivity contribution is 7.13. The molecule has 0 saturated carbocycles. The Morgan fingerprint density at radius 1 is 1.19 bits per heavy atom. The third kappa shape index (κ3) is 4.60. The predicted octanol–water partition coefficient (Wildman–Crippen LogP) is 4.89. The molecule has 1 N–H and O–H groups in total. The summed E-state index contributed by atoms with van der Waals surface area (Å²) in [5, 5.41) is 6.72. The molecule has 134 valence electrons. The van der Waals surface area contributed by atoms with E-state index >= 15 is 0 Å². The monoisotopic (exact) mass is 377 g/mol. The zero-order chi connectivity index (χ0) is 18.5. The van der Waals surface area contributed by atoms with Crippen molar-refractivity contribution in [2.75, 3.05) is 5.43 Å². The van der Waals surface area contributed by atoms with Crippen LogP contribution in [0.1, 0.15) is 16.8 Å². The van der Waals surface area contributed by atoms with Crippen LogP contribution < -0.4 is 10.2 Å². The number of benzene rings is 2. The van der Waals surface area contributed by atoms with E-state index in [4.69, 9.17) is 4.74 Å². The average molecular weight is 377 g/mol. The zero-order valence-corrected chi connectivity index (χ0v) is 14.5. The van der Waals surface area contributed by atoms with E-state index < -0.39 is 17.5 Å². The van der Waals surface area contributed by atoms with E-state index in [2.05, 4.69) is 15.5 Å². The number of halogens is 3. The van der Waals surface area contributed by atoms with Crippen LogP contribution in [0.25, 0.3) is 0 Å². The number of rotatable bonds is 6. The Kier molecular flexibility index (Phi) is 5.52. The molecule has 8 heteroatoms. The molecular formula is C18H14F3N3OS. The summed E-state index contributed by atoms with van der Waals surface area (Å²) in [7, 11) is 0. The fraction of sp³-hybridized carbons (Fsp3) is 0.111. The van der Waals surface area contributed by atoms with Gasteiger partial charge in [-0.2, -0.15) is 5.10 Å². The van der Waals surface area contributed by atoms with Crippen LogP contribution in [0.15, 0.2) is 46.9 Å². The van der Waals surface area contributed by atoms with E-state index in [9.17, 15) is 13.2 Å². The van der Waals surface area contributed by atoms with Crippen LogP contribution in [-0.2, 0) is 6.61 Å². The van der Waals surface area contributed by atoms with Crippen molar-refractivity contribution in [3.63, 3.8) is 0 Å². The van der Waals surface area contributed by atoms with Gasteiger partial charge in [-0.1, -0.05) is 18.2 Å². The summed E-state index contributed by atoms with van der Waals surface area (Å²) in [6.45, 7) is 1.97. The Morgan fingerprint density at radius 2 is 1.96 bits per heavy atom. The summed E-state index contributed by atoms with van der Waals surface area (Å²) in [5.41, 5.74) is 5.33. The second kappa shape index (κ2) is 8.01. The summed E-state index contributed by atoms with van der Waals surface area (Å²) in [6.07, 6.45) is 1.62.